The Morgan fingerprint density at radius 1 is 1.09 bits per heavy atom. The van der Waals surface area contributed by atoms with Crippen molar-refractivity contribution in [2.75, 3.05) is 6.61 Å². The highest BCUT2D eigenvalue weighted by Gasteiger charge is 2.42. The van der Waals surface area contributed by atoms with E-state index in [1.165, 1.54) is 12.0 Å². The van der Waals surface area contributed by atoms with E-state index in [1.54, 1.807) is 0 Å². The van der Waals surface area contributed by atoms with Crippen LogP contribution in [0.4, 0.5) is 0 Å². The molecule has 1 unspecified atom stereocenters. The van der Waals surface area contributed by atoms with Gasteiger partial charge in [0.25, 0.3) is 0 Å². The highest BCUT2D eigenvalue weighted by atomic mass is 16.7. The molecule has 182 valence electrons. The minimum Gasteiger partial charge on any atom is -0.462 e. The summed E-state index contributed by atoms with van der Waals surface area (Å²) in [5.41, 5.74) is 1.37. The Morgan fingerprint density at radius 3 is 2.79 bits per heavy atom. The van der Waals surface area contributed by atoms with Crippen LogP contribution in [-0.2, 0) is 25.4 Å². The normalized spacial score (nSPS) is 32.5. The van der Waals surface area contributed by atoms with Crippen molar-refractivity contribution < 1.29 is 19.0 Å². The zero-order chi connectivity index (χ0) is 22.9. The van der Waals surface area contributed by atoms with E-state index in [9.17, 15) is 4.79 Å². The van der Waals surface area contributed by atoms with Gasteiger partial charge in [-0.25, -0.2) is 0 Å². The van der Waals surface area contributed by atoms with E-state index in [0.717, 1.165) is 70.8 Å². The molecule has 3 aliphatic rings. The molecule has 4 nitrogen and oxygen atoms in total. The van der Waals surface area contributed by atoms with Gasteiger partial charge >= 0.3 is 5.97 Å². The zero-order valence-corrected chi connectivity index (χ0v) is 20.3. The fourth-order valence-corrected chi connectivity index (χ4v) is 6.00. The summed E-state index contributed by atoms with van der Waals surface area (Å²) in [5, 5.41) is 0. The standard InChI is InChI=1S/C29H42O4/c1-22-21-27-26(13-7-2-3-8-14-28(30)33-27)25(22)19-18-24(32-29-15-9-10-20-31-29)17-16-23-11-5-4-6-12-23/h2,4-7,11-12,22,24-27,29H,3,8-10,13-21H2,1H3/b7-2-/t22-,24+,25+,26-,27+,29?/m1/s1. The van der Waals surface area contributed by atoms with Gasteiger partial charge in [0.1, 0.15) is 6.10 Å². The molecule has 6 atom stereocenters. The third-order valence-electron chi connectivity index (χ3n) is 7.87. The lowest BCUT2D eigenvalue weighted by Gasteiger charge is -2.30. The second kappa shape index (κ2) is 12.7. The number of carbonyl (C=O) groups excluding carboxylic acids is 1. The Morgan fingerprint density at radius 2 is 1.97 bits per heavy atom. The number of ether oxygens (including phenoxy) is 3. The number of allylic oxidation sites excluding steroid dienone is 2. The molecule has 1 aliphatic carbocycles. The topological polar surface area (TPSA) is 44.8 Å². The summed E-state index contributed by atoms with van der Waals surface area (Å²) in [6.45, 7) is 3.16. The summed E-state index contributed by atoms with van der Waals surface area (Å²) in [5.74, 6) is 1.57. The van der Waals surface area contributed by atoms with Gasteiger partial charge in [-0.2, -0.15) is 0 Å². The first-order valence-electron chi connectivity index (χ1n) is 13.3. The third-order valence-corrected chi connectivity index (χ3v) is 7.87. The summed E-state index contributed by atoms with van der Waals surface area (Å²) in [4.78, 5) is 12.3. The molecule has 4 rings (SSSR count). The van der Waals surface area contributed by atoms with Gasteiger partial charge in [-0.1, -0.05) is 49.4 Å². The molecule has 0 spiro atoms. The molecule has 1 saturated heterocycles. The first-order chi connectivity index (χ1) is 16.2. The molecule has 2 aliphatic heterocycles. The molecule has 33 heavy (non-hydrogen) atoms. The minimum absolute atomic E-state index is 0.00771. The van der Waals surface area contributed by atoms with Crippen LogP contribution >= 0.6 is 0 Å². The number of benzene rings is 1. The Balaban J connectivity index is 1.38. The van der Waals surface area contributed by atoms with Crippen LogP contribution in [0.25, 0.3) is 0 Å². The van der Waals surface area contributed by atoms with Crippen LogP contribution in [-0.4, -0.2) is 31.1 Å². The molecule has 2 fully saturated rings. The SMILES string of the molecule is C[C@@H]1C[C@@H]2OC(=O)CCC/C=C\C[C@@H]2[C@H]1CC[C@H](CCc1ccccc1)OC1CCCCO1. The Hall–Kier alpha value is -1.65. The summed E-state index contributed by atoms with van der Waals surface area (Å²) in [6.07, 6.45) is 16.8. The van der Waals surface area contributed by atoms with Crippen molar-refractivity contribution in [1.29, 1.82) is 0 Å². The second-order valence-corrected chi connectivity index (χ2v) is 10.3. The van der Waals surface area contributed by atoms with Gasteiger partial charge in [0, 0.05) is 18.9 Å². The monoisotopic (exact) mass is 454 g/mol. The Labute approximate surface area is 200 Å². The lowest BCUT2D eigenvalue weighted by atomic mass is 9.82. The van der Waals surface area contributed by atoms with Gasteiger partial charge in [0.05, 0.1) is 6.10 Å². The number of esters is 1. The van der Waals surface area contributed by atoms with Crippen molar-refractivity contribution in [3.8, 4) is 0 Å². The summed E-state index contributed by atoms with van der Waals surface area (Å²) in [7, 11) is 0. The maximum Gasteiger partial charge on any atom is 0.306 e. The van der Waals surface area contributed by atoms with Gasteiger partial charge in [-0.3, -0.25) is 4.79 Å². The molecular weight excluding hydrogens is 412 g/mol. The Bertz CT molecular complexity index is 739. The molecule has 4 heteroatoms. The summed E-state index contributed by atoms with van der Waals surface area (Å²) >= 11 is 0. The quantitative estimate of drug-likeness (QED) is 0.327. The maximum atomic E-state index is 12.3. The average molecular weight is 455 g/mol. The van der Waals surface area contributed by atoms with E-state index in [0.29, 0.717) is 24.2 Å². The summed E-state index contributed by atoms with van der Waals surface area (Å²) in [6, 6.07) is 10.7. The van der Waals surface area contributed by atoms with Crippen LogP contribution in [0.15, 0.2) is 42.5 Å². The number of fused-ring (bicyclic) bond motifs is 1. The van der Waals surface area contributed by atoms with Crippen molar-refractivity contribution in [2.45, 2.75) is 102 Å². The number of hydrogen-bond donors (Lipinski definition) is 0. The van der Waals surface area contributed by atoms with Crippen molar-refractivity contribution in [2.24, 2.45) is 17.8 Å². The molecular formula is C29H42O4. The van der Waals surface area contributed by atoms with E-state index in [4.69, 9.17) is 14.2 Å². The Kier molecular flexibility index (Phi) is 9.43. The first kappa shape index (κ1) is 24.5. The van der Waals surface area contributed by atoms with E-state index in [2.05, 4.69) is 49.4 Å². The first-order valence-corrected chi connectivity index (χ1v) is 13.3. The fraction of sp³-hybridized carbons (Fsp3) is 0.690. The van der Waals surface area contributed by atoms with Crippen LogP contribution < -0.4 is 0 Å². The summed E-state index contributed by atoms with van der Waals surface area (Å²) < 4.78 is 18.4. The molecule has 0 amide bonds. The zero-order valence-electron chi connectivity index (χ0n) is 20.3. The van der Waals surface area contributed by atoms with Crippen molar-refractivity contribution in [3.05, 3.63) is 48.0 Å². The van der Waals surface area contributed by atoms with Crippen molar-refractivity contribution in [1.82, 2.24) is 0 Å². The van der Waals surface area contributed by atoms with Crippen LogP contribution in [0.1, 0.15) is 83.1 Å². The van der Waals surface area contributed by atoms with Gasteiger partial charge in [0.2, 0.25) is 0 Å². The fourth-order valence-electron chi connectivity index (χ4n) is 6.00. The molecule has 1 saturated carbocycles. The highest BCUT2D eigenvalue weighted by Crippen LogP contribution is 2.44. The lowest BCUT2D eigenvalue weighted by molar-refractivity contribution is -0.191. The van der Waals surface area contributed by atoms with E-state index in [1.807, 2.05) is 0 Å². The number of rotatable bonds is 8. The lowest BCUT2D eigenvalue weighted by Crippen LogP contribution is -2.30. The average Bonchev–Trinajstić information content (AvgIpc) is 3.13. The number of carbonyl (C=O) groups is 1. The number of aryl methyl sites for hydroxylation is 1. The van der Waals surface area contributed by atoms with Crippen LogP contribution in [0, 0.1) is 17.8 Å². The highest BCUT2D eigenvalue weighted by molar-refractivity contribution is 5.69. The largest absolute Gasteiger partial charge is 0.462 e. The molecule has 0 radical (unpaired) electrons. The smallest absolute Gasteiger partial charge is 0.306 e. The van der Waals surface area contributed by atoms with Crippen molar-refractivity contribution in [3.63, 3.8) is 0 Å². The van der Waals surface area contributed by atoms with E-state index < -0.39 is 0 Å². The predicted molar refractivity (Wildman–Crippen MR) is 131 cm³/mol. The number of hydrogen-bond acceptors (Lipinski definition) is 4. The van der Waals surface area contributed by atoms with Crippen LogP contribution in [0.5, 0.6) is 0 Å². The molecule has 1 aromatic carbocycles. The van der Waals surface area contributed by atoms with Gasteiger partial charge in [-0.05, 0) is 88.0 Å². The minimum atomic E-state index is -0.0502. The van der Waals surface area contributed by atoms with Crippen LogP contribution in [0.3, 0.4) is 0 Å². The molecule has 2 heterocycles. The molecule has 0 N–H and O–H groups in total. The van der Waals surface area contributed by atoms with Gasteiger partial charge < -0.3 is 14.2 Å². The molecule has 0 bridgehead atoms. The molecule has 1 aromatic rings. The van der Waals surface area contributed by atoms with Gasteiger partial charge in [-0.15, -0.1) is 0 Å². The van der Waals surface area contributed by atoms with E-state index >= 15 is 0 Å². The third kappa shape index (κ3) is 7.42. The van der Waals surface area contributed by atoms with Crippen LogP contribution in [0.2, 0.25) is 0 Å². The van der Waals surface area contributed by atoms with Gasteiger partial charge in [0.15, 0.2) is 6.29 Å². The maximum absolute atomic E-state index is 12.3. The molecule has 0 aromatic heterocycles. The second-order valence-electron chi connectivity index (χ2n) is 10.3. The predicted octanol–water partition coefficient (Wildman–Crippen LogP) is 6.63. The van der Waals surface area contributed by atoms with E-state index in [-0.39, 0.29) is 24.5 Å². The van der Waals surface area contributed by atoms with Crippen molar-refractivity contribution >= 4 is 5.97 Å².